The summed E-state index contributed by atoms with van der Waals surface area (Å²) in [6.45, 7) is 8.53. The number of halogens is 3. The molecule has 0 unspecified atom stereocenters. The molecule has 8 heteroatoms. The first kappa shape index (κ1) is 26.1. The Bertz CT molecular complexity index is 1450. The summed E-state index contributed by atoms with van der Waals surface area (Å²) < 4.78 is 63.6. The molecule has 4 aromatic rings. The van der Waals surface area contributed by atoms with Crippen molar-refractivity contribution >= 4 is 11.0 Å². The van der Waals surface area contributed by atoms with Gasteiger partial charge >= 0.3 is 6.18 Å². The minimum atomic E-state index is -4.98. The van der Waals surface area contributed by atoms with Gasteiger partial charge in [0, 0.05) is 6.07 Å². The third-order valence-corrected chi connectivity index (χ3v) is 5.67. The second kappa shape index (κ2) is 10.2. The number of ether oxygens (including phenoxy) is 3. The number of hydrogen-bond acceptors (Lipinski definition) is 5. The third-order valence-electron chi connectivity index (χ3n) is 5.67. The van der Waals surface area contributed by atoms with Crippen molar-refractivity contribution in [2.45, 2.75) is 45.9 Å². The molecule has 0 radical (unpaired) electrons. The fourth-order valence-corrected chi connectivity index (χ4v) is 3.71. The van der Waals surface area contributed by atoms with Crippen LogP contribution < -0.4 is 19.6 Å². The Morgan fingerprint density at radius 2 is 1.54 bits per heavy atom. The van der Waals surface area contributed by atoms with Crippen molar-refractivity contribution in [3.63, 3.8) is 0 Å². The Balaban J connectivity index is 1.66. The molecule has 3 aromatic carbocycles. The molecule has 0 fully saturated rings. The standard InChI is InChI=1S/C29H27F3O5/c1-5-34-22-8-6-7-9-23(22)36-26-25(33)21-15-14-20(16-24(21)37-27(26)29(30,31)32)35-17-18-10-12-19(13-11-18)28(2,3)4/h6-16H,5,17H2,1-4H3. The smallest absolute Gasteiger partial charge is 0.453 e. The topological polar surface area (TPSA) is 57.9 Å². The first-order chi connectivity index (χ1) is 17.5. The van der Waals surface area contributed by atoms with E-state index < -0.39 is 23.1 Å². The van der Waals surface area contributed by atoms with Crippen LogP contribution >= 0.6 is 0 Å². The summed E-state index contributed by atoms with van der Waals surface area (Å²) in [4.78, 5) is 13.1. The van der Waals surface area contributed by atoms with Crippen LogP contribution in [0, 0.1) is 0 Å². The van der Waals surface area contributed by atoms with Gasteiger partial charge in [-0.05, 0) is 47.7 Å². The van der Waals surface area contributed by atoms with Crippen molar-refractivity contribution in [2.24, 2.45) is 0 Å². The summed E-state index contributed by atoms with van der Waals surface area (Å²) in [5, 5.41) is -0.0706. The highest BCUT2D eigenvalue weighted by Crippen LogP contribution is 2.40. The molecule has 0 aliphatic carbocycles. The van der Waals surface area contributed by atoms with Gasteiger partial charge in [-0.25, -0.2) is 0 Å². The molecule has 0 N–H and O–H groups in total. The lowest BCUT2D eigenvalue weighted by atomic mass is 9.87. The summed E-state index contributed by atoms with van der Waals surface area (Å²) in [6.07, 6.45) is -4.98. The van der Waals surface area contributed by atoms with Crippen molar-refractivity contribution < 1.29 is 31.8 Å². The average molecular weight is 513 g/mol. The van der Waals surface area contributed by atoms with Crippen LogP contribution in [0.1, 0.15) is 44.6 Å². The average Bonchev–Trinajstić information content (AvgIpc) is 2.84. The monoisotopic (exact) mass is 512 g/mol. The van der Waals surface area contributed by atoms with E-state index in [4.69, 9.17) is 18.6 Å². The molecule has 1 heterocycles. The number of para-hydroxylation sites is 2. The lowest BCUT2D eigenvalue weighted by Gasteiger charge is -2.19. The van der Waals surface area contributed by atoms with E-state index in [1.165, 1.54) is 35.9 Å². The van der Waals surface area contributed by atoms with E-state index in [0.717, 1.165) is 5.56 Å². The Morgan fingerprint density at radius 3 is 2.16 bits per heavy atom. The number of rotatable bonds is 7. The van der Waals surface area contributed by atoms with Gasteiger partial charge in [0.25, 0.3) is 5.76 Å². The Morgan fingerprint density at radius 1 is 0.865 bits per heavy atom. The van der Waals surface area contributed by atoms with Gasteiger partial charge in [-0.2, -0.15) is 13.2 Å². The van der Waals surface area contributed by atoms with Crippen LogP contribution in [0.25, 0.3) is 11.0 Å². The molecule has 0 amide bonds. The molecule has 0 atom stereocenters. The largest absolute Gasteiger partial charge is 0.490 e. The zero-order chi connectivity index (χ0) is 26.8. The summed E-state index contributed by atoms with van der Waals surface area (Å²) in [7, 11) is 0. The summed E-state index contributed by atoms with van der Waals surface area (Å²) in [6, 6.07) is 18.2. The summed E-state index contributed by atoms with van der Waals surface area (Å²) in [5.41, 5.74) is 0.860. The molecule has 5 nitrogen and oxygen atoms in total. The van der Waals surface area contributed by atoms with Crippen LogP contribution in [0.4, 0.5) is 13.2 Å². The highest BCUT2D eigenvalue weighted by atomic mass is 19.4. The van der Waals surface area contributed by atoms with Crippen molar-refractivity contribution in [2.75, 3.05) is 6.61 Å². The Labute approximate surface area is 212 Å². The predicted molar refractivity (Wildman–Crippen MR) is 135 cm³/mol. The van der Waals surface area contributed by atoms with Gasteiger partial charge in [0.2, 0.25) is 11.2 Å². The molecule has 194 valence electrons. The molecule has 37 heavy (non-hydrogen) atoms. The Kier molecular flexibility index (Phi) is 7.21. The van der Waals surface area contributed by atoms with Crippen LogP contribution in [0.5, 0.6) is 23.0 Å². The molecule has 0 bridgehead atoms. The van der Waals surface area contributed by atoms with E-state index in [-0.39, 0.29) is 46.8 Å². The maximum atomic E-state index is 13.9. The fourth-order valence-electron chi connectivity index (χ4n) is 3.71. The Hall–Kier alpha value is -3.94. The van der Waals surface area contributed by atoms with Crippen molar-refractivity contribution in [1.82, 2.24) is 0 Å². The number of benzene rings is 3. The molecule has 0 spiro atoms. The summed E-state index contributed by atoms with van der Waals surface area (Å²) >= 11 is 0. The first-order valence-corrected chi connectivity index (χ1v) is 11.8. The van der Waals surface area contributed by atoms with E-state index in [1.54, 1.807) is 19.1 Å². The van der Waals surface area contributed by atoms with Crippen molar-refractivity contribution in [1.29, 1.82) is 0 Å². The van der Waals surface area contributed by atoms with Gasteiger partial charge < -0.3 is 18.6 Å². The minimum Gasteiger partial charge on any atom is -0.490 e. The molecule has 1 aromatic heterocycles. The second-order valence-corrected chi connectivity index (χ2v) is 9.46. The molecule has 0 saturated carbocycles. The fraction of sp³-hybridized carbons (Fsp3) is 0.276. The van der Waals surface area contributed by atoms with E-state index in [0.29, 0.717) is 0 Å². The molecule has 0 aliphatic heterocycles. The van der Waals surface area contributed by atoms with Gasteiger partial charge in [0.05, 0.1) is 12.0 Å². The van der Waals surface area contributed by atoms with Gasteiger partial charge in [-0.3, -0.25) is 4.79 Å². The number of fused-ring (bicyclic) bond motifs is 1. The summed E-state index contributed by atoms with van der Waals surface area (Å²) in [5.74, 6) is -2.05. The van der Waals surface area contributed by atoms with Gasteiger partial charge in [0.15, 0.2) is 11.5 Å². The van der Waals surface area contributed by atoms with Crippen molar-refractivity contribution in [3.8, 4) is 23.0 Å². The first-order valence-electron chi connectivity index (χ1n) is 11.8. The molecule has 4 rings (SSSR count). The predicted octanol–water partition coefficient (Wildman–Crippen LogP) is 7.88. The van der Waals surface area contributed by atoms with Crippen LogP contribution in [0.2, 0.25) is 0 Å². The highest BCUT2D eigenvalue weighted by molar-refractivity contribution is 5.80. The quantitative estimate of drug-likeness (QED) is 0.252. The number of alkyl halides is 3. The maximum absolute atomic E-state index is 13.9. The third kappa shape index (κ3) is 5.90. The van der Waals surface area contributed by atoms with Crippen LogP contribution in [0.15, 0.2) is 75.9 Å². The SMILES string of the molecule is CCOc1ccccc1Oc1c(C(F)(F)F)oc2cc(OCc3ccc(C(C)(C)C)cc3)ccc2c1=O. The molecular weight excluding hydrogens is 485 g/mol. The second-order valence-electron chi connectivity index (χ2n) is 9.46. The molecule has 0 aliphatic rings. The van der Waals surface area contributed by atoms with Crippen LogP contribution in [-0.2, 0) is 18.2 Å². The van der Waals surface area contributed by atoms with Crippen molar-refractivity contribution in [3.05, 3.63) is 93.8 Å². The maximum Gasteiger partial charge on any atom is 0.453 e. The molecule has 0 saturated heterocycles. The zero-order valence-corrected chi connectivity index (χ0v) is 20.9. The van der Waals surface area contributed by atoms with E-state index >= 15 is 0 Å². The minimum absolute atomic E-state index is 0.0130. The van der Waals surface area contributed by atoms with Crippen LogP contribution in [0.3, 0.4) is 0 Å². The van der Waals surface area contributed by atoms with E-state index in [2.05, 4.69) is 20.8 Å². The lowest BCUT2D eigenvalue weighted by Crippen LogP contribution is -2.15. The van der Waals surface area contributed by atoms with Gasteiger partial charge in [-0.15, -0.1) is 0 Å². The van der Waals surface area contributed by atoms with E-state index in [1.807, 2.05) is 24.3 Å². The van der Waals surface area contributed by atoms with E-state index in [9.17, 15) is 18.0 Å². The van der Waals surface area contributed by atoms with Crippen LogP contribution in [-0.4, -0.2) is 6.61 Å². The van der Waals surface area contributed by atoms with Gasteiger partial charge in [-0.1, -0.05) is 57.2 Å². The normalized spacial score (nSPS) is 12.0. The lowest BCUT2D eigenvalue weighted by molar-refractivity contribution is -0.154. The zero-order valence-electron chi connectivity index (χ0n) is 20.9. The highest BCUT2D eigenvalue weighted by Gasteiger charge is 2.40. The number of hydrogen-bond donors (Lipinski definition) is 0. The molecular formula is C29H27F3O5. The van der Waals surface area contributed by atoms with Gasteiger partial charge in [0.1, 0.15) is 17.9 Å².